The molecular weight excluding hydrogens is 332 g/mol. The highest BCUT2D eigenvalue weighted by Gasteiger charge is 2.29. The minimum atomic E-state index is -0.130. The lowest BCUT2D eigenvalue weighted by Crippen LogP contribution is -2.26. The van der Waals surface area contributed by atoms with Gasteiger partial charge in [0.1, 0.15) is 6.10 Å². The topological polar surface area (TPSA) is 86.9 Å². The minimum Gasteiger partial charge on any atom is -0.474 e. The first-order chi connectivity index (χ1) is 12.4. The molecule has 136 valence electrons. The number of aromatic nitrogens is 5. The second kappa shape index (κ2) is 6.12. The van der Waals surface area contributed by atoms with Crippen LogP contribution in [-0.4, -0.2) is 43.1 Å². The molecule has 1 aliphatic rings. The van der Waals surface area contributed by atoms with E-state index in [2.05, 4.69) is 15.5 Å². The molecule has 0 aliphatic carbocycles. The smallest absolute Gasteiger partial charge is 0.225 e. The van der Waals surface area contributed by atoms with E-state index in [1.54, 1.807) is 10.9 Å². The van der Waals surface area contributed by atoms with Gasteiger partial charge in [0.25, 0.3) is 0 Å². The Labute approximate surface area is 151 Å². The Morgan fingerprint density at radius 1 is 1.38 bits per heavy atom. The third-order valence-electron chi connectivity index (χ3n) is 5.06. The van der Waals surface area contributed by atoms with Crippen LogP contribution in [0, 0.1) is 12.8 Å². The summed E-state index contributed by atoms with van der Waals surface area (Å²) in [5, 5.41) is 12.5. The van der Waals surface area contributed by atoms with Gasteiger partial charge in [-0.05, 0) is 19.9 Å². The van der Waals surface area contributed by atoms with Gasteiger partial charge in [0.15, 0.2) is 0 Å². The molecule has 3 aromatic heterocycles. The molecule has 1 fully saturated rings. The number of hydrogen-bond donors (Lipinski definition) is 1. The number of aryl methyl sites for hydroxylation is 2. The van der Waals surface area contributed by atoms with Gasteiger partial charge in [-0.2, -0.15) is 10.2 Å². The predicted octanol–water partition coefficient (Wildman–Crippen LogP) is 1.58. The predicted molar refractivity (Wildman–Crippen MR) is 96.7 cm³/mol. The number of carbonyl (C=O) groups is 1. The summed E-state index contributed by atoms with van der Waals surface area (Å²) in [4.78, 5) is 16.3. The minimum absolute atomic E-state index is 0.0738. The van der Waals surface area contributed by atoms with E-state index in [1.165, 1.54) is 0 Å². The second-order valence-electron chi connectivity index (χ2n) is 6.91. The van der Waals surface area contributed by atoms with E-state index in [0.717, 1.165) is 27.9 Å². The second-order valence-corrected chi connectivity index (χ2v) is 6.91. The van der Waals surface area contributed by atoms with Crippen molar-refractivity contribution in [3.63, 3.8) is 0 Å². The molecule has 26 heavy (non-hydrogen) atoms. The van der Waals surface area contributed by atoms with Crippen molar-refractivity contribution < 1.29 is 9.53 Å². The molecule has 0 bridgehead atoms. The first kappa shape index (κ1) is 16.6. The maximum Gasteiger partial charge on any atom is 0.225 e. The Balaban J connectivity index is 1.75. The third kappa shape index (κ3) is 2.81. The van der Waals surface area contributed by atoms with Gasteiger partial charge in [-0.1, -0.05) is 0 Å². The molecule has 1 N–H and O–H groups in total. The molecule has 0 spiro atoms. The van der Waals surface area contributed by atoms with E-state index in [9.17, 15) is 4.79 Å². The van der Waals surface area contributed by atoms with Gasteiger partial charge >= 0.3 is 0 Å². The SMILES string of the molecule is Cc1c(-c2cc3nn(C)cc3c(OC(C)C3CNC(=O)C3)n2)cnn1C. The largest absolute Gasteiger partial charge is 0.474 e. The molecule has 8 nitrogen and oxygen atoms in total. The zero-order valence-corrected chi connectivity index (χ0v) is 15.4. The van der Waals surface area contributed by atoms with Gasteiger partial charge < -0.3 is 10.1 Å². The lowest BCUT2D eigenvalue weighted by Gasteiger charge is -2.19. The number of fused-ring (bicyclic) bond motifs is 1. The Hall–Kier alpha value is -2.90. The van der Waals surface area contributed by atoms with Crippen molar-refractivity contribution in [2.45, 2.75) is 26.4 Å². The van der Waals surface area contributed by atoms with Gasteiger partial charge in [0.05, 0.1) is 22.8 Å². The van der Waals surface area contributed by atoms with Crippen molar-refractivity contribution in [3.8, 4) is 17.1 Å². The average Bonchev–Trinajstić information content (AvgIpc) is 3.27. The fraction of sp³-hybridized carbons (Fsp3) is 0.444. The molecule has 3 aromatic rings. The van der Waals surface area contributed by atoms with Gasteiger partial charge in [-0.25, -0.2) is 4.98 Å². The van der Waals surface area contributed by atoms with Crippen LogP contribution in [0.25, 0.3) is 22.2 Å². The molecule has 1 saturated heterocycles. The van der Waals surface area contributed by atoms with E-state index >= 15 is 0 Å². The zero-order valence-electron chi connectivity index (χ0n) is 15.4. The fourth-order valence-electron chi connectivity index (χ4n) is 3.32. The highest BCUT2D eigenvalue weighted by molar-refractivity contribution is 5.87. The van der Waals surface area contributed by atoms with Crippen LogP contribution < -0.4 is 10.1 Å². The van der Waals surface area contributed by atoms with Crippen molar-refractivity contribution in [1.82, 2.24) is 29.9 Å². The number of ether oxygens (including phenoxy) is 1. The molecular formula is C18H22N6O2. The fourth-order valence-corrected chi connectivity index (χ4v) is 3.32. The van der Waals surface area contributed by atoms with Crippen LogP contribution in [0.5, 0.6) is 5.88 Å². The van der Waals surface area contributed by atoms with Crippen LogP contribution in [0.4, 0.5) is 0 Å². The third-order valence-corrected chi connectivity index (χ3v) is 5.06. The molecule has 1 aliphatic heterocycles. The molecule has 2 unspecified atom stereocenters. The number of nitrogens with one attached hydrogen (secondary N) is 1. The first-order valence-corrected chi connectivity index (χ1v) is 8.69. The summed E-state index contributed by atoms with van der Waals surface area (Å²) < 4.78 is 9.77. The van der Waals surface area contributed by atoms with E-state index in [0.29, 0.717) is 18.8 Å². The monoisotopic (exact) mass is 354 g/mol. The van der Waals surface area contributed by atoms with E-state index in [-0.39, 0.29) is 17.9 Å². The van der Waals surface area contributed by atoms with Gasteiger partial charge in [0.2, 0.25) is 11.8 Å². The highest BCUT2D eigenvalue weighted by atomic mass is 16.5. The van der Waals surface area contributed by atoms with Crippen molar-refractivity contribution in [2.24, 2.45) is 20.0 Å². The number of hydrogen-bond acceptors (Lipinski definition) is 5. The lowest BCUT2D eigenvalue weighted by molar-refractivity contribution is -0.119. The quantitative estimate of drug-likeness (QED) is 0.769. The average molecular weight is 354 g/mol. The van der Waals surface area contributed by atoms with Gasteiger partial charge in [0, 0.05) is 50.4 Å². The van der Waals surface area contributed by atoms with Gasteiger partial charge in [-0.3, -0.25) is 14.2 Å². The summed E-state index contributed by atoms with van der Waals surface area (Å²) in [5.41, 5.74) is 3.58. The molecule has 2 atom stereocenters. The summed E-state index contributed by atoms with van der Waals surface area (Å²) in [6, 6.07) is 1.96. The molecule has 0 saturated carbocycles. The maximum atomic E-state index is 11.5. The summed E-state index contributed by atoms with van der Waals surface area (Å²) >= 11 is 0. The molecule has 4 rings (SSSR count). The summed E-state index contributed by atoms with van der Waals surface area (Å²) in [7, 11) is 3.78. The van der Waals surface area contributed by atoms with Crippen LogP contribution in [0.15, 0.2) is 18.5 Å². The summed E-state index contributed by atoms with van der Waals surface area (Å²) in [5.74, 6) is 0.755. The van der Waals surface area contributed by atoms with Gasteiger partial charge in [-0.15, -0.1) is 0 Å². The number of rotatable bonds is 4. The highest BCUT2D eigenvalue weighted by Crippen LogP contribution is 2.31. The van der Waals surface area contributed by atoms with Crippen molar-refractivity contribution in [2.75, 3.05) is 6.54 Å². The molecule has 1 amide bonds. The Bertz CT molecular complexity index is 989. The summed E-state index contributed by atoms with van der Waals surface area (Å²) in [6.07, 6.45) is 4.07. The zero-order chi connectivity index (χ0) is 18.4. The Kier molecular flexibility index (Phi) is 3.90. The van der Waals surface area contributed by atoms with Crippen LogP contribution in [-0.2, 0) is 18.9 Å². The van der Waals surface area contributed by atoms with Crippen molar-refractivity contribution in [1.29, 1.82) is 0 Å². The van der Waals surface area contributed by atoms with Crippen molar-refractivity contribution >= 4 is 16.8 Å². The van der Waals surface area contributed by atoms with Crippen LogP contribution in [0.1, 0.15) is 19.0 Å². The standard InChI is InChI=1S/C18H22N6O2/c1-10-13(8-20-24(10)4)15-6-16-14(9-23(3)22-16)18(21-15)26-11(2)12-5-17(25)19-7-12/h6,8-9,11-12H,5,7H2,1-4H3,(H,19,25). The van der Waals surface area contributed by atoms with E-state index < -0.39 is 0 Å². The Morgan fingerprint density at radius 2 is 2.19 bits per heavy atom. The number of carbonyl (C=O) groups excluding carboxylic acids is 1. The van der Waals surface area contributed by atoms with Crippen LogP contribution in [0.2, 0.25) is 0 Å². The summed E-state index contributed by atoms with van der Waals surface area (Å²) in [6.45, 7) is 4.63. The lowest BCUT2D eigenvalue weighted by atomic mass is 10.0. The molecule has 0 radical (unpaired) electrons. The van der Waals surface area contributed by atoms with E-state index in [4.69, 9.17) is 9.72 Å². The number of nitrogens with zero attached hydrogens (tertiary/aromatic N) is 5. The normalized spacial score (nSPS) is 18.3. The maximum absolute atomic E-state index is 11.5. The molecule has 4 heterocycles. The molecule has 8 heteroatoms. The Morgan fingerprint density at radius 3 is 2.85 bits per heavy atom. The van der Waals surface area contributed by atoms with Crippen molar-refractivity contribution in [3.05, 3.63) is 24.2 Å². The van der Waals surface area contributed by atoms with Crippen LogP contribution >= 0.6 is 0 Å². The molecule has 0 aromatic carbocycles. The van der Waals surface area contributed by atoms with E-state index in [1.807, 2.05) is 44.9 Å². The number of amides is 1. The van der Waals surface area contributed by atoms with Crippen LogP contribution in [0.3, 0.4) is 0 Å². The number of pyridine rings is 1. The first-order valence-electron chi connectivity index (χ1n) is 8.69.